The summed E-state index contributed by atoms with van der Waals surface area (Å²) in [6, 6.07) is 9.45. The molecule has 1 aromatic rings. The molecule has 0 saturated heterocycles. The maximum atomic E-state index is 9.82. The topological polar surface area (TPSA) is 52.9 Å². The molecule has 0 fully saturated rings. The summed E-state index contributed by atoms with van der Waals surface area (Å²) in [4.78, 5) is 1.99. The molecule has 2 atom stereocenters. The molecule has 18 heavy (non-hydrogen) atoms. The number of nitrogens with zero attached hydrogens (tertiary/aromatic N) is 1. The lowest BCUT2D eigenvalue weighted by Crippen LogP contribution is -2.34. The van der Waals surface area contributed by atoms with Crippen molar-refractivity contribution in [3.63, 3.8) is 0 Å². The van der Waals surface area contributed by atoms with E-state index in [1.165, 1.54) is 0 Å². The number of aliphatic hydroxyl groups excluding tert-OH is 2. The molecule has 0 aromatic heterocycles. The van der Waals surface area contributed by atoms with Crippen LogP contribution in [-0.4, -0.2) is 54.1 Å². The SMILES string of the molecule is CC(O)CCN(C)CC(O)COc1ccccc1. The number of hydrogen-bond acceptors (Lipinski definition) is 4. The molecule has 4 nitrogen and oxygen atoms in total. The minimum atomic E-state index is -0.524. The van der Waals surface area contributed by atoms with E-state index >= 15 is 0 Å². The highest BCUT2D eigenvalue weighted by Gasteiger charge is 2.09. The van der Waals surface area contributed by atoms with Crippen molar-refractivity contribution in [2.75, 3.05) is 26.7 Å². The van der Waals surface area contributed by atoms with Crippen molar-refractivity contribution in [3.05, 3.63) is 30.3 Å². The minimum Gasteiger partial charge on any atom is -0.491 e. The lowest BCUT2D eigenvalue weighted by atomic mass is 10.2. The summed E-state index contributed by atoms with van der Waals surface area (Å²) in [7, 11) is 1.92. The molecule has 0 aliphatic rings. The molecule has 0 amide bonds. The number of para-hydroxylation sites is 1. The first-order valence-electron chi connectivity index (χ1n) is 6.30. The highest BCUT2D eigenvalue weighted by Crippen LogP contribution is 2.08. The predicted molar refractivity (Wildman–Crippen MR) is 71.7 cm³/mol. The van der Waals surface area contributed by atoms with E-state index in [0.29, 0.717) is 13.0 Å². The largest absolute Gasteiger partial charge is 0.491 e. The molecule has 102 valence electrons. The zero-order valence-corrected chi connectivity index (χ0v) is 11.1. The van der Waals surface area contributed by atoms with Gasteiger partial charge in [-0.2, -0.15) is 0 Å². The number of hydrogen-bond donors (Lipinski definition) is 2. The number of likely N-dealkylation sites (N-methyl/N-ethyl adjacent to an activating group) is 1. The second-order valence-corrected chi connectivity index (χ2v) is 4.68. The molecule has 0 aliphatic heterocycles. The third-order valence-electron chi connectivity index (χ3n) is 2.64. The van der Waals surface area contributed by atoms with Gasteiger partial charge in [0.2, 0.25) is 0 Å². The van der Waals surface area contributed by atoms with Crippen molar-refractivity contribution in [2.24, 2.45) is 0 Å². The Morgan fingerprint density at radius 1 is 1.22 bits per heavy atom. The summed E-state index contributed by atoms with van der Waals surface area (Å²) in [5, 5.41) is 19.0. The second-order valence-electron chi connectivity index (χ2n) is 4.68. The van der Waals surface area contributed by atoms with Gasteiger partial charge in [0.15, 0.2) is 0 Å². The number of rotatable bonds is 8. The molecule has 2 unspecified atom stereocenters. The highest BCUT2D eigenvalue weighted by atomic mass is 16.5. The summed E-state index contributed by atoms with van der Waals surface area (Å²) in [5.41, 5.74) is 0. The van der Waals surface area contributed by atoms with Crippen LogP contribution in [0.15, 0.2) is 30.3 Å². The smallest absolute Gasteiger partial charge is 0.119 e. The van der Waals surface area contributed by atoms with E-state index < -0.39 is 6.10 Å². The van der Waals surface area contributed by atoms with E-state index in [2.05, 4.69) is 0 Å². The quantitative estimate of drug-likeness (QED) is 0.729. The Labute approximate surface area is 109 Å². The van der Waals surface area contributed by atoms with E-state index in [4.69, 9.17) is 4.74 Å². The third kappa shape index (κ3) is 6.59. The predicted octanol–water partition coefficient (Wildman–Crippen LogP) is 1.13. The van der Waals surface area contributed by atoms with Crippen LogP contribution in [0.25, 0.3) is 0 Å². The molecular weight excluding hydrogens is 230 g/mol. The van der Waals surface area contributed by atoms with Crippen LogP contribution in [-0.2, 0) is 0 Å². The summed E-state index contributed by atoms with van der Waals surface area (Å²) in [6.45, 7) is 3.35. The Morgan fingerprint density at radius 2 is 1.89 bits per heavy atom. The van der Waals surface area contributed by atoms with Crippen LogP contribution in [0.2, 0.25) is 0 Å². The number of ether oxygens (including phenoxy) is 1. The van der Waals surface area contributed by atoms with Crippen molar-refractivity contribution in [1.82, 2.24) is 4.90 Å². The number of benzene rings is 1. The summed E-state index contributed by atoms with van der Waals surface area (Å²) < 4.78 is 5.47. The Morgan fingerprint density at radius 3 is 2.50 bits per heavy atom. The molecule has 1 aromatic carbocycles. The van der Waals surface area contributed by atoms with Gasteiger partial charge in [0, 0.05) is 13.1 Å². The molecule has 2 N–H and O–H groups in total. The van der Waals surface area contributed by atoms with Crippen LogP contribution in [0.1, 0.15) is 13.3 Å². The van der Waals surface area contributed by atoms with Crippen LogP contribution >= 0.6 is 0 Å². The fraction of sp³-hybridized carbons (Fsp3) is 0.571. The van der Waals surface area contributed by atoms with Gasteiger partial charge in [-0.1, -0.05) is 18.2 Å². The van der Waals surface area contributed by atoms with Crippen LogP contribution in [0, 0.1) is 0 Å². The minimum absolute atomic E-state index is 0.281. The van der Waals surface area contributed by atoms with Gasteiger partial charge in [0.05, 0.1) is 6.10 Å². The first-order chi connectivity index (χ1) is 8.58. The van der Waals surface area contributed by atoms with E-state index in [1.807, 2.05) is 42.3 Å². The van der Waals surface area contributed by atoms with Gasteiger partial charge in [-0.3, -0.25) is 0 Å². The Hall–Kier alpha value is -1.10. The van der Waals surface area contributed by atoms with Crippen molar-refractivity contribution in [1.29, 1.82) is 0 Å². The maximum Gasteiger partial charge on any atom is 0.119 e. The average Bonchev–Trinajstić information content (AvgIpc) is 2.35. The lowest BCUT2D eigenvalue weighted by molar-refractivity contribution is 0.0708. The molecule has 4 heteroatoms. The molecule has 0 aliphatic carbocycles. The lowest BCUT2D eigenvalue weighted by Gasteiger charge is -2.21. The zero-order valence-electron chi connectivity index (χ0n) is 11.1. The summed E-state index contributed by atoms with van der Waals surface area (Å²) in [6.07, 6.45) is -0.114. The Balaban J connectivity index is 2.19. The Kier molecular flexibility index (Phi) is 6.72. The van der Waals surface area contributed by atoms with Gasteiger partial charge >= 0.3 is 0 Å². The fourth-order valence-corrected chi connectivity index (χ4v) is 1.62. The van der Waals surface area contributed by atoms with Crippen LogP contribution in [0.4, 0.5) is 0 Å². The molecule has 0 heterocycles. The van der Waals surface area contributed by atoms with Gasteiger partial charge < -0.3 is 19.8 Å². The van der Waals surface area contributed by atoms with Crippen molar-refractivity contribution < 1.29 is 14.9 Å². The molecule has 0 saturated carbocycles. The van der Waals surface area contributed by atoms with E-state index in [1.54, 1.807) is 6.92 Å². The van der Waals surface area contributed by atoms with Crippen LogP contribution < -0.4 is 4.74 Å². The van der Waals surface area contributed by atoms with E-state index in [9.17, 15) is 10.2 Å². The maximum absolute atomic E-state index is 9.82. The zero-order chi connectivity index (χ0) is 13.4. The van der Waals surface area contributed by atoms with E-state index in [-0.39, 0.29) is 12.7 Å². The summed E-state index contributed by atoms with van der Waals surface area (Å²) >= 11 is 0. The molecule has 0 bridgehead atoms. The van der Waals surface area contributed by atoms with Crippen LogP contribution in [0.3, 0.4) is 0 Å². The van der Waals surface area contributed by atoms with Gasteiger partial charge in [0.1, 0.15) is 18.5 Å². The first kappa shape index (κ1) is 15.0. The number of aliphatic hydroxyl groups is 2. The molecule has 1 rings (SSSR count). The second kappa shape index (κ2) is 8.08. The fourth-order valence-electron chi connectivity index (χ4n) is 1.62. The van der Waals surface area contributed by atoms with Gasteiger partial charge in [-0.05, 0) is 32.5 Å². The molecule has 0 spiro atoms. The average molecular weight is 253 g/mol. The Bertz CT molecular complexity index is 316. The van der Waals surface area contributed by atoms with Crippen molar-refractivity contribution in [2.45, 2.75) is 25.6 Å². The highest BCUT2D eigenvalue weighted by molar-refractivity contribution is 5.20. The summed E-state index contributed by atoms with van der Waals surface area (Å²) in [5.74, 6) is 0.767. The first-order valence-corrected chi connectivity index (χ1v) is 6.30. The third-order valence-corrected chi connectivity index (χ3v) is 2.64. The van der Waals surface area contributed by atoms with E-state index in [0.717, 1.165) is 12.3 Å². The van der Waals surface area contributed by atoms with Crippen molar-refractivity contribution in [3.8, 4) is 5.75 Å². The normalized spacial score (nSPS) is 14.5. The monoisotopic (exact) mass is 253 g/mol. The standard InChI is InChI=1S/C14H23NO3/c1-12(16)8-9-15(2)10-13(17)11-18-14-6-4-3-5-7-14/h3-7,12-13,16-17H,8-11H2,1-2H3. The van der Waals surface area contributed by atoms with Gasteiger partial charge in [-0.25, -0.2) is 0 Å². The van der Waals surface area contributed by atoms with Crippen molar-refractivity contribution >= 4 is 0 Å². The van der Waals surface area contributed by atoms with Gasteiger partial charge in [0.25, 0.3) is 0 Å². The van der Waals surface area contributed by atoms with Crippen LogP contribution in [0.5, 0.6) is 5.75 Å². The molecular formula is C14H23NO3. The molecule has 0 radical (unpaired) electrons. The van der Waals surface area contributed by atoms with Gasteiger partial charge in [-0.15, -0.1) is 0 Å².